The number of nitrogens with zero attached hydrogens (tertiary/aromatic N) is 2. The molecule has 5 rings (SSSR count). The number of carbonyl (C=O) groups excluding carboxylic acids is 2. The van der Waals surface area contributed by atoms with Crippen LogP contribution in [0.15, 0.2) is 66.7 Å². The van der Waals surface area contributed by atoms with Crippen molar-refractivity contribution in [3.63, 3.8) is 0 Å². The highest BCUT2D eigenvalue weighted by molar-refractivity contribution is 6.06. The van der Waals surface area contributed by atoms with Crippen molar-refractivity contribution >= 4 is 28.5 Å². The fraction of sp³-hybridized carbons (Fsp3) is 0.276. The van der Waals surface area contributed by atoms with Crippen molar-refractivity contribution in [1.29, 1.82) is 0 Å². The standard InChI is InChI=1S/C29H29FN4O3/c1-18-31-24-15-8-20(17-26(24)34(18)23-13-9-21(30)10-14-23)29(37)32-22-11-6-19(7-12-22)16-28(36)33-25-4-2-3-5-27(25)35/h6-15,17,25,27,35H,2-5,16H2,1H3,(H,32,37)(H,33,36). The van der Waals surface area contributed by atoms with Crippen LogP contribution in [0.5, 0.6) is 0 Å². The number of halogens is 1. The Balaban J connectivity index is 1.26. The van der Waals surface area contributed by atoms with Crippen molar-refractivity contribution in [1.82, 2.24) is 14.9 Å². The van der Waals surface area contributed by atoms with E-state index in [1.54, 1.807) is 42.5 Å². The monoisotopic (exact) mass is 500 g/mol. The molecule has 37 heavy (non-hydrogen) atoms. The molecule has 0 saturated heterocycles. The van der Waals surface area contributed by atoms with E-state index < -0.39 is 6.10 Å². The van der Waals surface area contributed by atoms with E-state index in [1.165, 1.54) is 12.1 Å². The van der Waals surface area contributed by atoms with Gasteiger partial charge in [-0.2, -0.15) is 0 Å². The third-order valence-corrected chi connectivity index (χ3v) is 6.82. The zero-order chi connectivity index (χ0) is 25.9. The van der Waals surface area contributed by atoms with Crippen molar-refractivity contribution in [3.8, 4) is 5.69 Å². The molecule has 3 aromatic carbocycles. The number of amides is 2. The zero-order valence-corrected chi connectivity index (χ0v) is 20.6. The van der Waals surface area contributed by atoms with E-state index in [4.69, 9.17) is 0 Å². The Morgan fingerprint density at radius 2 is 1.76 bits per heavy atom. The third kappa shape index (κ3) is 5.54. The van der Waals surface area contributed by atoms with Crippen LogP contribution in [0.25, 0.3) is 16.7 Å². The molecule has 8 heteroatoms. The highest BCUT2D eigenvalue weighted by Crippen LogP contribution is 2.24. The molecule has 1 aliphatic rings. The molecule has 4 aromatic rings. The summed E-state index contributed by atoms with van der Waals surface area (Å²) >= 11 is 0. The van der Waals surface area contributed by atoms with E-state index in [1.807, 2.05) is 23.6 Å². The summed E-state index contributed by atoms with van der Waals surface area (Å²) in [7, 11) is 0. The maximum atomic E-state index is 13.4. The summed E-state index contributed by atoms with van der Waals surface area (Å²) in [6.45, 7) is 1.86. The van der Waals surface area contributed by atoms with Gasteiger partial charge in [0.15, 0.2) is 0 Å². The number of aliphatic hydroxyl groups excluding tert-OH is 1. The van der Waals surface area contributed by atoms with Crippen molar-refractivity contribution in [3.05, 3.63) is 89.5 Å². The van der Waals surface area contributed by atoms with E-state index in [2.05, 4.69) is 15.6 Å². The molecule has 0 radical (unpaired) electrons. The fourth-order valence-corrected chi connectivity index (χ4v) is 4.89. The van der Waals surface area contributed by atoms with Gasteiger partial charge < -0.3 is 15.7 Å². The number of nitrogens with one attached hydrogen (secondary N) is 2. The maximum absolute atomic E-state index is 13.4. The Labute approximate surface area is 214 Å². The molecule has 7 nitrogen and oxygen atoms in total. The number of aryl methyl sites for hydroxylation is 1. The van der Waals surface area contributed by atoms with Gasteiger partial charge in [-0.25, -0.2) is 9.37 Å². The summed E-state index contributed by atoms with van der Waals surface area (Å²) < 4.78 is 15.3. The quantitative estimate of drug-likeness (QED) is 0.358. The number of aliphatic hydroxyl groups is 1. The van der Waals surface area contributed by atoms with Crippen molar-refractivity contribution in [2.24, 2.45) is 0 Å². The van der Waals surface area contributed by atoms with Gasteiger partial charge in [0.05, 0.1) is 29.6 Å². The lowest BCUT2D eigenvalue weighted by Gasteiger charge is -2.28. The fourth-order valence-electron chi connectivity index (χ4n) is 4.89. The molecule has 0 spiro atoms. The van der Waals surface area contributed by atoms with Gasteiger partial charge in [0.25, 0.3) is 5.91 Å². The third-order valence-electron chi connectivity index (χ3n) is 6.82. The first-order chi connectivity index (χ1) is 17.9. The molecule has 1 heterocycles. The molecule has 1 saturated carbocycles. The molecule has 0 aliphatic heterocycles. The van der Waals surface area contributed by atoms with E-state index >= 15 is 0 Å². The SMILES string of the molecule is Cc1nc2ccc(C(=O)Nc3ccc(CC(=O)NC4CCCCC4O)cc3)cc2n1-c1ccc(F)cc1. The highest BCUT2D eigenvalue weighted by atomic mass is 19.1. The molecular formula is C29H29FN4O3. The normalized spacial score (nSPS) is 17.5. The molecule has 190 valence electrons. The van der Waals surface area contributed by atoms with Crippen LogP contribution in [0, 0.1) is 12.7 Å². The summed E-state index contributed by atoms with van der Waals surface area (Å²) in [4.78, 5) is 30.0. The van der Waals surface area contributed by atoms with Crippen LogP contribution in [-0.2, 0) is 11.2 Å². The van der Waals surface area contributed by atoms with Crippen LogP contribution in [0.1, 0.15) is 47.4 Å². The zero-order valence-electron chi connectivity index (χ0n) is 20.6. The van der Waals surface area contributed by atoms with Gasteiger partial charge in [-0.3, -0.25) is 14.2 Å². The second-order valence-corrected chi connectivity index (χ2v) is 9.53. The van der Waals surface area contributed by atoms with E-state index in [0.717, 1.165) is 53.8 Å². The van der Waals surface area contributed by atoms with Crippen molar-refractivity contribution < 1.29 is 19.1 Å². The Bertz CT molecular complexity index is 1430. The Morgan fingerprint density at radius 3 is 2.49 bits per heavy atom. The molecule has 1 aromatic heterocycles. The highest BCUT2D eigenvalue weighted by Gasteiger charge is 2.24. The van der Waals surface area contributed by atoms with Crippen LogP contribution >= 0.6 is 0 Å². The molecule has 2 amide bonds. The van der Waals surface area contributed by atoms with E-state index in [0.29, 0.717) is 11.3 Å². The van der Waals surface area contributed by atoms with Crippen LogP contribution in [0.2, 0.25) is 0 Å². The number of anilines is 1. The molecule has 0 bridgehead atoms. The molecule has 1 fully saturated rings. The number of imidazole rings is 1. The Morgan fingerprint density at radius 1 is 1.03 bits per heavy atom. The predicted molar refractivity (Wildman–Crippen MR) is 140 cm³/mol. The minimum Gasteiger partial charge on any atom is -0.391 e. The van der Waals surface area contributed by atoms with Crippen LogP contribution in [-0.4, -0.2) is 38.6 Å². The van der Waals surface area contributed by atoms with Gasteiger partial charge in [0.1, 0.15) is 11.6 Å². The second-order valence-electron chi connectivity index (χ2n) is 9.53. The molecular weight excluding hydrogens is 471 g/mol. The van der Waals surface area contributed by atoms with Crippen LogP contribution < -0.4 is 10.6 Å². The number of hydrogen-bond donors (Lipinski definition) is 3. The second kappa shape index (κ2) is 10.5. The molecule has 2 unspecified atom stereocenters. The topological polar surface area (TPSA) is 96.2 Å². The van der Waals surface area contributed by atoms with E-state index in [-0.39, 0.29) is 30.1 Å². The van der Waals surface area contributed by atoms with E-state index in [9.17, 15) is 19.1 Å². The van der Waals surface area contributed by atoms with Crippen molar-refractivity contribution in [2.45, 2.75) is 51.2 Å². The molecule has 2 atom stereocenters. The summed E-state index contributed by atoms with van der Waals surface area (Å²) in [5.74, 6) is 0.0182. The number of rotatable bonds is 6. The summed E-state index contributed by atoms with van der Waals surface area (Å²) in [5.41, 5.74) is 4.14. The van der Waals surface area contributed by atoms with Gasteiger partial charge in [-0.15, -0.1) is 0 Å². The van der Waals surface area contributed by atoms with Gasteiger partial charge in [0.2, 0.25) is 5.91 Å². The minimum absolute atomic E-state index is 0.121. The predicted octanol–water partition coefficient (Wildman–Crippen LogP) is 4.69. The van der Waals surface area contributed by atoms with Crippen LogP contribution in [0.4, 0.5) is 10.1 Å². The number of hydrogen-bond acceptors (Lipinski definition) is 4. The van der Waals surface area contributed by atoms with Gasteiger partial charge in [-0.05, 0) is 79.9 Å². The first kappa shape index (κ1) is 24.6. The number of fused-ring (bicyclic) bond motifs is 1. The first-order valence-electron chi connectivity index (χ1n) is 12.5. The summed E-state index contributed by atoms with van der Waals surface area (Å²) in [6.07, 6.45) is 3.26. The minimum atomic E-state index is -0.479. The Kier molecular flexibility index (Phi) is 7.01. The number of aromatic nitrogens is 2. The van der Waals surface area contributed by atoms with Gasteiger partial charge in [-0.1, -0.05) is 25.0 Å². The van der Waals surface area contributed by atoms with Crippen molar-refractivity contribution in [2.75, 3.05) is 5.32 Å². The lowest BCUT2D eigenvalue weighted by molar-refractivity contribution is -0.122. The summed E-state index contributed by atoms with van der Waals surface area (Å²) in [5, 5.41) is 15.9. The smallest absolute Gasteiger partial charge is 0.255 e. The molecule has 1 aliphatic carbocycles. The largest absolute Gasteiger partial charge is 0.391 e. The first-order valence-corrected chi connectivity index (χ1v) is 12.5. The lowest BCUT2D eigenvalue weighted by atomic mass is 9.92. The Hall–Kier alpha value is -4.04. The molecule has 3 N–H and O–H groups in total. The average molecular weight is 501 g/mol. The summed E-state index contributed by atoms with van der Waals surface area (Å²) in [6, 6.07) is 18.4. The number of benzene rings is 3. The number of carbonyl (C=O) groups is 2. The van der Waals surface area contributed by atoms with Gasteiger partial charge >= 0.3 is 0 Å². The lowest BCUT2D eigenvalue weighted by Crippen LogP contribution is -2.45. The van der Waals surface area contributed by atoms with Crippen LogP contribution in [0.3, 0.4) is 0 Å². The van der Waals surface area contributed by atoms with Gasteiger partial charge in [0, 0.05) is 16.9 Å². The maximum Gasteiger partial charge on any atom is 0.255 e. The average Bonchev–Trinajstić information content (AvgIpc) is 3.22.